The SMILES string of the molecule is CS(=O)(=O)N1CCc2cc(C(=O)OCC(=O)NC3CCCC3)ccc21. The molecule has 7 nitrogen and oxygen atoms in total. The Morgan fingerprint density at radius 2 is 2.00 bits per heavy atom. The number of nitrogens with one attached hydrogen (secondary N) is 1. The average molecular weight is 366 g/mol. The third kappa shape index (κ3) is 4.12. The lowest BCUT2D eigenvalue weighted by Crippen LogP contribution is -2.35. The number of esters is 1. The maximum Gasteiger partial charge on any atom is 0.338 e. The predicted molar refractivity (Wildman–Crippen MR) is 93.0 cm³/mol. The molecule has 0 atom stereocenters. The van der Waals surface area contributed by atoms with Gasteiger partial charge in [0.25, 0.3) is 5.91 Å². The van der Waals surface area contributed by atoms with E-state index in [4.69, 9.17) is 4.74 Å². The highest BCUT2D eigenvalue weighted by Crippen LogP contribution is 2.30. The van der Waals surface area contributed by atoms with Crippen molar-refractivity contribution in [2.24, 2.45) is 0 Å². The molecular weight excluding hydrogens is 344 g/mol. The van der Waals surface area contributed by atoms with E-state index in [-0.39, 0.29) is 18.6 Å². The smallest absolute Gasteiger partial charge is 0.338 e. The highest BCUT2D eigenvalue weighted by molar-refractivity contribution is 7.92. The van der Waals surface area contributed by atoms with Crippen molar-refractivity contribution < 1.29 is 22.7 Å². The van der Waals surface area contributed by atoms with Gasteiger partial charge in [0.15, 0.2) is 6.61 Å². The van der Waals surface area contributed by atoms with Gasteiger partial charge in [-0.25, -0.2) is 13.2 Å². The molecule has 1 heterocycles. The monoisotopic (exact) mass is 366 g/mol. The number of hydrogen-bond donors (Lipinski definition) is 1. The zero-order valence-corrected chi connectivity index (χ0v) is 15.0. The zero-order chi connectivity index (χ0) is 18.0. The van der Waals surface area contributed by atoms with Crippen LogP contribution in [0.5, 0.6) is 0 Å². The first kappa shape index (κ1) is 17.7. The summed E-state index contributed by atoms with van der Waals surface area (Å²) in [5, 5.41) is 2.86. The Bertz CT molecular complexity index is 784. The van der Waals surface area contributed by atoms with Crippen molar-refractivity contribution in [1.82, 2.24) is 5.32 Å². The summed E-state index contributed by atoms with van der Waals surface area (Å²) in [7, 11) is -3.32. The van der Waals surface area contributed by atoms with E-state index in [1.807, 2.05) is 0 Å². The Balaban J connectivity index is 1.59. The van der Waals surface area contributed by atoms with E-state index in [2.05, 4.69) is 5.32 Å². The van der Waals surface area contributed by atoms with Gasteiger partial charge < -0.3 is 10.1 Å². The molecule has 25 heavy (non-hydrogen) atoms. The van der Waals surface area contributed by atoms with Crippen LogP contribution in [-0.2, 0) is 26.0 Å². The molecule has 0 spiro atoms. The molecule has 1 aromatic rings. The van der Waals surface area contributed by atoms with Gasteiger partial charge in [0.1, 0.15) is 0 Å². The van der Waals surface area contributed by atoms with Crippen LogP contribution in [-0.4, -0.2) is 45.7 Å². The van der Waals surface area contributed by atoms with Crippen LogP contribution in [0.3, 0.4) is 0 Å². The van der Waals surface area contributed by atoms with E-state index >= 15 is 0 Å². The summed E-state index contributed by atoms with van der Waals surface area (Å²) >= 11 is 0. The zero-order valence-electron chi connectivity index (χ0n) is 14.2. The van der Waals surface area contributed by atoms with Crippen molar-refractivity contribution in [2.75, 3.05) is 23.7 Å². The number of anilines is 1. The van der Waals surface area contributed by atoms with Crippen molar-refractivity contribution in [2.45, 2.75) is 38.1 Å². The van der Waals surface area contributed by atoms with Crippen LogP contribution < -0.4 is 9.62 Å². The Labute approximate surface area is 147 Å². The van der Waals surface area contributed by atoms with Crippen LogP contribution >= 0.6 is 0 Å². The van der Waals surface area contributed by atoms with Crippen LogP contribution in [0, 0.1) is 0 Å². The van der Waals surface area contributed by atoms with Gasteiger partial charge in [-0.15, -0.1) is 0 Å². The number of hydrogen-bond acceptors (Lipinski definition) is 5. The number of amides is 1. The van der Waals surface area contributed by atoms with Crippen molar-refractivity contribution in [3.05, 3.63) is 29.3 Å². The molecule has 136 valence electrons. The van der Waals surface area contributed by atoms with Gasteiger partial charge in [-0.1, -0.05) is 12.8 Å². The highest BCUT2D eigenvalue weighted by Gasteiger charge is 2.27. The fourth-order valence-electron chi connectivity index (χ4n) is 3.40. The molecule has 0 saturated heterocycles. The highest BCUT2D eigenvalue weighted by atomic mass is 32.2. The number of sulfonamides is 1. The van der Waals surface area contributed by atoms with Gasteiger partial charge in [0, 0.05) is 12.6 Å². The minimum atomic E-state index is -3.32. The largest absolute Gasteiger partial charge is 0.452 e. The number of carbonyl (C=O) groups is 2. The van der Waals surface area contributed by atoms with E-state index in [0.717, 1.165) is 37.5 Å². The van der Waals surface area contributed by atoms with Crippen LogP contribution in [0.4, 0.5) is 5.69 Å². The lowest BCUT2D eigenvalue weighted by Gasteiger charge is -2.16. The molecule has 1 N–H and O–H groups in total. The normalized spacial score (nSPS) is 17.4. The van der Waals surface area contributed by atoms with E-state index < -0.39 is 16.0 Å². The molecule has 1 aromatic carbocycles. The molecule has 0 unspecified atom stereocenters. The average Bonchev–Trinajstić information content (AvgIpc) is 3.20. The fraction of sp³-hybridized carbons (Fsp3) is 0.529. The van der Waals surface area contributed by atoms with E-state index in [1.165, 1.54) is 10.4 Å². The summed E-state index contributed by atoms with van der Waals surface area (Å²) in [6, 6.07) is 4.96. The number of benzene rings is 1. The van der Waals surface area contributed by atoms with Crippen LogP contribution in [0.1, 0.15) is 41.6 Å². The van der Waals surface area contributed by atoms with Gasteiger partial charge in [-0.05, 0) is 43.0 Å². The minimum Gasteiger partial charge on any atom is -0.452 e. The lowest BCUT2D eigenvalue weighted by atomic mass is 10.1. The molecule has 1 amide bonds. The molecule has 0 bridgehead atoms. The second-order valence-corrected chi connectivity index (χ2v) is 8.46. The molecule has 2 aliphatic rings. The predicted octanol–water partition coefficient (Wildman–Crippen LogP) is 1.22. The summed E-state index contributed by atoms with van der Waals surface area (Å²) < 4.78 is 29.8. The summed E-state index contributed by atoms with van der Waals surface area (Å²) in [6.45, 7) is 0.0678. The number of nitrogens with zero attached hydrogens (tertiary/aromatic N) is 1. The van der Waals surface area contributed by atoms with Gasteiger partial charge in [0.2, 0.25) is 10.0 Å². The van der Waals surface area contributed by atoms with Crippen molar-refractivity contribution in [3.63, 3.8) is 0 Å². The maximum atomic E-state index is 12.1. The molecule has 1 aliphatic carbocycles. The van der Waals surface area contributed by atoms with Crippen LogP contribution in [0.2, 0.25) is 0 Å². The first-order valence-corrected chi connectivity index (χ1v) is 10.3. The summed E-state index contributed by atoms with van der Waals surface area (Å²) in [5.41, 5.74) is 1.70. The van der Waals surface area contributed by atoms with Gasteiger partial charge >= 0.3 is 5.97 Å². The van der Waals surface area contributed by atoms with Crippen molar-refractivity contribution in [3.8, 4) is 0 Å². The third-order valence-electron chi connectivity index (χ3n) is 4.62. The summed E-state index contributed by atoms with van der Waals surface area (Å²) in [6.07, 6.45) is 5.89. The molecule has 1 saturated carbocycles. The van der Waals surface area contributed by atoms with Crippen LogP contribution in [0.25, 0.3) is 0 Å². The molecule has 8 heteroatoms. The lowest BCUT2D eigenvalue weighted by molar-refractivity contribution is -0.124. The third-order valence-corrected chi connectivity index (χ3v) is 5.80. The molecular formula is C17H22N2O5S. The minimum absolute atomic E-state index is 0.188. The van der Waals surface area contributed by atoms with Crippen molar-refractivity contribution in [1.29, 1.82) is 0 Å². The topological polar surface area (TPSA) is 92.8 Å². The molecule has 3 rings (SSSR count). The Morgan fingerprint density at radius 3 is 2.68 bits per heavy atom. The summed E-state index contributed by atoms with van der Waals surface area (Å²) in [4.78, 5) is 23.9. The first-order chi connectivity index (χ1) is 11.8. The van der Waals surface area contributed by atoms with Crippen molar-refractivity contribution >= 4 is 27.6 Å². The maximum absolute atomic E-state index is 12.1. The second-order valence-electron chi connectivity index (χ2n) is 6.55. The fourth-order valence-corrected chi connectivity index (χ4v) is 4.36. The first-order valence-electron chi connectivity index (χ1n) is 8.42. The van der Waals surface area contributed by atoms with Crippen LogP contribution in [0.15, 0.2) is 18.2 Å². The molecule has 0 aromatic heterocycles. The van der Waals surface area contributed by atoms with Gasteiger partial charge in [-0.3, -0.25) is 9.10 Å². The van der Waals surface area contributed by atoms with Gasteiger partial charge in [0.05, 0.1) is 17.5 Å². The molecule has 0 radical (unpaired) electrons. The number of rotatable bonds is 5. The van der Waals surface area contributed by atoms with E-state index in [1.54, 1.807) is 12.1 Å². The number of ether oxygens (including phenoxy) is 1. The Hall–Kier alpha value is -2.09. The standard InChI is InChI=1S/C17H22N2O5S/c1-25(22,23)19-9-8-12-10-13(6-7-15(12)19)17(21)24-11-16(20)18-14-4-2-3-5-14/h6-7,10,14H,2-5,8-9,11H2,1H3,(H,18,20). The van der Waals surface area contributed by atoms with Gasteiger partial charge in [-0.2, -0.15) is 0 Å². The molecule has 1 fully saturated rings. The van der Waals surface area contributed by atoms with E-state index in [0.29, 0.717) is 24.2 Å². The second kappa shape index (κ2) is 7.03. The van der Waals surface area contributed by atoms with E-state index in [9.17, 15) is 18.0 Å². The summed E-state index contributed by atoms with van der Waals surface area (Å²) in [5.74, 6) is -0.869. The number of carbonyl (C=O) groups excluding carboxylic acids is 2. The Morgan fingerprint density at radius 1 is 1.28 bits per heavy atom. The Kier molecular flexibility index (Phi) is 4.99. The number of fused-ring (bicyclic) bond motifs is 1. The molecule has 1 aliphatic heterocycles. The quantitative estimate of drug-likeness (QED) is 0.791.